The summed E-state index contributed by atoms with van der Waals surface area (Å²) in [4.78, 5) is 29.2. The Morgan fingerprint density at radius 2 is 1.82 bits per heavy atom. The van der Waals surface area contributed by atoms with Gasteiger partial charge < -0.3 is 5.32 Å². The molecule has 0 aliphatic carbocycles. The number of thiophene rings is 1. The van der Waals surface area contributed by atoms with Crippen LogP contribution in [-0.4, -0.2) is 39.7 Å². The number of fused-ring (bicyclic) bond motifs is 3. The van der Waals surface area contributed by atoms with Crippen LogP contribution >= 0.6 is 11.3 Å². The number of aryl methyl sites for hydroxylation is 1. The molecule has 2 aromatic heterocycles. The molecule has 1 aliphatic heterocycles. The van der Waals surface area contributed by atoms with Crippen molar-refractivity contribution in [3.05, 3.63) is 76.2 Å². The molecule has 176 valence electrons. The maximum atomic E-state index is 13.5. The Balaban J connectivity index is 1.32. The number of piperidine rings is 1. The molecule has 34 heavy (non-hydrogen) atoms. The summed E-state index contributed by atoms with van der Waals surface area (Å²) in [5, 5.41) is 9.41. The zero-order valence-corrected chi connectivity index (χ0v) is 20.5. The van der Waals surface area contributed by atoms with E-state index >= 15 is 0 Å². The van der Waals surface area contributed by atoms with Gasteiger partial charge in [-0.3, -0.25) is 14.5 Å². The minimum Gasteiger partial charge on any atom is -0.351 e. The van der Waals surface area contributed by atoms with Crippen molar-refractivity contribution < 1.29 is 4.79 Å². The normalized spacial score (nSPS) is 16.2. The zero-order chi connectivity index (χ0) is 23.7. The third kappa shape index (κ3) is 4.38. The van der Waals surface area contributed by atoms with Crippen LogP contribution in [0.25, 0.3) is 20.2 Å². The Kier molecular flexibility index (Phi) is 6.48. The molecule has 3 heterocycles. The summed E-state index contributed by atoms with van der Waals surface area (Å²) in [6.07, 6.45) is 2.33. The molecular formula is C27H30N4O2S. The van der Waals surface area contributed by atoms with E-state index in [1.807, 2.05) is 44.2 Å². The van der Waals surface area contributed by atoms with Crippen LogP contribution in [0, 0.1) is 6.92 Å². The molecule has 5 rings (SSSR count). The van der Waals surface area contributed by atoms with E-state index in [4.69, 9.17) is 0 Å². The minimum atomic E-state index is -0.614. The highest BCUT2D eigenvalue weighted by Crippen LogP contribution is 2.33. The summed E-state index contributed by atoms with van der Waals surface area (Å²) in [6, 6.07) is 17.9. The lowest BCUT2D eigenvalue weighted by atomic mass is 10.0. The van der Waals surface area contributed by atoms with Crippen LogP contribution in [0.15, 0.2) is 59.4 Å². The average molecular weight is 475 g/mol. The van der Waals surface area contributed by atoms with E-state index in [0.29, 0.717) is 11.8 Å². The van der Waals surface area contributed by atoms with Crippen LogP contribution in [0.3, 0.4) is 0 Å². The first kappa shape index (κ1) is 22.7. The molecule has 7 heteroatoms. The molecule has 1 amide bonds. The number of rotatable bonds is 6. The first-order chi connectivity index (χ1) is 16.5. The van der Waals surface area contributed by atoms with Crippen LogP contribution < -0.4 is 10.9 Å². The molecule has 2 aromatic carbocycles. The van der Waals surface area contributed by atoms with E-state index in [-0.39, 0.29) is 17.5 Å². The van der Waals surface area contributed by atoms with Crippen molar-refractivity contribution in [2.45, 2.75) is 51.7 Å². The maximum Gasteiger partial charge on any atom is 0.276 e. The van der Waals surface area contributed by atoms with Crippen molar-refractivity contribution in [2.75, 3.05) is 13.1 Å². The van der Waals surface area contributed by atoms with Crippen LogP contribution in [0.4, 0.5) is 0 Å². The third-order valence-corrected chi connectivity index (χ3v) is 8.05. The van der Waals surface area contributed by atoms with E-state index < -0.39 is 6.04 Å². The van der Waals surface area contributed by atoms with Gasteiger partial charge in [0.15, 0.2) is 0 Å². The van der Waals surface area contributed by atoms with Gasteiger partial charge >= 0.3 is 0 Å². The largest absolute Gasteiger partial charge is 0.351 e. The molecule has 0 radical (unpaired) electrons. The second-order valence-electron chi connectivity index (χ2n) is 9.11. The van der Waals surface area contributed by atoms with Crippen molar-refractivity contribution in [1.29, 1.82) is 0 Å². The summed E-state index contributed by atoms with van der Waals surface area (Å²) >= 11 is 1.59. The standard InChI is InChI=1S/C27H30N4O2S/c1-3-22(26(32)28-20-13-15-30(16-14-20)17-19-9-5-4-6-10-19)31-27(33)24-21-11-7-8-12-23(21)34-25(24)18(2)29-31/h4-12,20,22H,3,13-17H2,1-2H3,(H,28,32)/t22-/m0/s1. The van der Waals surface area contributed by atoms with Gasteiger partial charge in [0.1, 0.15) is 6.04 Å². The highest BCUT2D eigenvalue weighted by molar-refractivity contribution is 7.26. The fraction of sp³-hybridized carbons (Fsp3) is 0.370. The molecule has 0 bridgehead atoms. The number of hydrogen-bond acceptors (Lipinski definition) is 5. The molecule has 0 unspecified atom stereocenters. The number of aromatic nitrogens is 2. The monoisotopic (exact) mass is 474 g/mol. The Bertz CT molecular complexity index is 1370. The van der Waals surface area contributed by atoms with Gasteiger partial charge in [-0.2, -0.15) is 5.10 Å². The number of likely N-dealkylation sites (tertiary alicyclic amines) is 1. The van der Waals surface area contributed by atoms with E-state index in [0.717, 1.165) is 53.0 Å². The topological polar surface area (TPSA) is 67.2 Å². The van der Waals surface area contributed by atoms with Gasteiger partial charge in [0.2, 0.25) is 5.91 Å². The molecule has 6 nitrogen and oxygen atoms in total. The molecule has 1 N–H and O–H groups in total. The third-order valence-electron chi connectivity index (χ3n) is 6.77. The number of carbonyl (C=O) groups excluding carboxylic acids is 1. The van der Waals surface area contributed by atoms with E-state index in [1.54, 1.807) is 11.3 Å². The number of nitrogens with one attached hydrogen (secondary N) is 1. The maximum absolute atomic E-state index is 13.5. The molecular weight excluding hydrogens is 444 g/mol. The molecule has 4 aromatic rings. The first-order valence-electron chi connectivity index (χ1n) is 12.0. The number of amides is 1. The Morgan fingerprint density at radius 1 is 1.12 bits per heavy atom. The van der Waals surface area contributed by atoms with Gasteiger partial charge in [0.25, 0.3) is 5.56 Å². The van der Waals surface area contributed by atoms with Crippen molar-refractivity contribution in [2.24, 2.45) is 0 Å². The summed E-state index contributed by atoms with van der Waals surface area (Å²) in [5.74, 6) is -0.114. The highest BCUT2D eigenvalue weighted by Gasteiger charge is 2.27. The van der Waals surface area contributed by atoms with Crippen molar-refractivity contribution in [3.8, 4) is 0 Å². The number of carbonyl (C=O) groups is 1. The van der Waals surface area contributed by atoms with E-state index in [9.17, 15) is 9.59 Å². The van der Waals surface area contributed by atoms with Crippen LogP contribution in [-0.2, 0) is 11.3 Å². The lowest BCUT2D eigenvalue weighted by Crippen LogP contribution is -2.47. The summed E-state index contributed by atoms with van der Waals surface area (Å²) in [7, 11) is 0. The van der Waals surface area contributed by atoms with E-state index in [1.165, 1.54) is 10.2 Å². The minimum absolute atomic E-state index is 0.114. The van der Waals surface area contributed by atoms with Crippen molar-refractivity contribution in [1.82, 2.24) is 20.0 Å². The smallest absolute Gasteiger partial charge is 0.276 e. The van der Waals surface area contributed by atoms with Crippen molar-refractivity contribution >= 4 is 37.4 Å². The van der Waals surface area contributed by atoms with Gasteiger partial charge in [-0.05, 0) is 37.8 Å². The number of nitrogens with zero attached hydrogens (tertiary/aromatic N) is 3. The Hall–Kier alpha value is -3.03. The molecule has 1 atom stereocenters. The highest BCUT2D eigenvalue weighted by atomic mass is 32.1. The van der Waals surface area contributed by atoms with Crippen LogP contribution in [0.2, 0.25) is 0 Å². The fourth-order valence-electron chi connectivity index (χ4n) is 4.93. The second kappa shape index (κ2) is 9.68. The summed E-state index contributed by atoms with van der Waals surface area (Å²) in [6.45, 7) is 6.68. The van der Waals surface area contributed by atoms with Gasteiger partial charge in [-0.1, -0.05) is 55.5 Å². The predicted octanol–water partition coefficient (Wildman–Crippen LogP) is 4.65. The SMILES string of the molecule is CC[C@@H](C(=O)NC1CCN(Cc2ccccc2)CC1)n1nc(C)c2sc3ccccc3c2c1=O. The summed E-state index contributed by atoms with van der Waals surface area (Å²) < 4.78 is 3.39. The van der Waals surface area contributed by atoms with Crippen LogP contribution in [0.1, 0.15) is 43.5 Å². The van der Waals surface area contributed by atoms with Gasteiger partial charge in [-0.25, -0.2) is 4.68 Å². The van der Waals surface area contributed by atoms with Gasteiger partial charge in [-0.15, -0.1) is 11.3 Å². The fourth-order valence-corrected chi connectivity index (χ4v) is 6.07. The van der Waals surface area contributed by atoms with Crippen molar-refractivity contribution in [3.63, 3.8) is 0 Å². The number of hydrogen-bond donors (Lipinski definition) is 1. The Labute approximate surface area is 203 Å². The quantitative estimate of drug-likeness (QED) is 0.442. The molecule has 1 saturated heterocycles. The summed E-state index contributed by atoms with van der Waals surface area (Å²) in [5.41, 5.74) is 1.92. The molecule has 0 spiro atoms. The number of benzene rings is 2. The van der Waals surface area contributed by atoms with Gasteiger partial charge in [0, 0.05) is 35.8 Å². The predicted molar refractivity (Wildman–Crippen MR) is 138 cm³/mol. The lowest BCUT2D eigenvalue weighted by molar-refractivity contribution is -0.125. The van der Waals surface area contributed by atoms with E-state index in [2.05, 4.69) is 39.6 Å². The zero-order valence-electron chi connectivity index (χ0n) is 19.7. The first-order valence-corrected chi connectivity index (χ1v) is 12.8. The second-order valence-corrected chi connectivity index (χ2v) is 10.2. The molecule has 1 fully saturated rings. The van der Waals surface area contributed by atoms with Gasteiger partial charge in [0.05, 0.1) is 15.8 Å². The lowest BCUT2D eigenvalue weighted by Gasteiger charge is -2.33. The average Bonchev–Trinajstić information content (AvgIpc) is 3.25. The van der Waals surface area contributed by atoms with Crippen LogP contribution in [0.5, 0.6) is 0 Å². The molecule has 1 aliphatic rings. The Morgan fingerprint density at radius 3 is 2.56 bits per heavy atom. The molecule has 0 saturated carbocycles.